The third kappa shape index (κ3) is 2.50. The third-order valence-corrected chi connectivity index (χ3v) is 5.15. The minimum atomic E-state index is -4.40. The zero-order valence-corrected chi connectivity index (χ0v) is 13.9. The molecule has 2 N–H and O–H groups in total. The van der Waals surface area contributed by atoms with E-state index in [4.69, 9.17) is 4.74 Å². The van der Waals surface area contributed by atoms with Gasteiger partial charge in [0.15, 0.2) is 0 Å². The Morgan fingerprint density at radius 3 is 2.77 bits per heavy atom. The first-order valence-electron chi connectivity index (χ1n) is 8.22. The van der Waals surface area contributed by atoms with Crippen LogP contribution in [0.1, 0.15) is 29.7 Å². The first-order chi connectivity index (χ1) is 12.3. The molecular formula is C19H16F3NO3. The normalized spacial score (nSPS) is 19.8. The van der Waals surface area contributed by atoms with Crippen molar-refractivity contribution in [1.82, 2.24) is 4.98 Å². The Kier molecular flexibility index (Phi) is 3.64. The van der Waals surface area contributed by atoms with E-state index in [1.54, 1.807) is 0 Å². The number of allylic oxidation sites excluding steroid dienone is 3. The molecule has 0 bridgehead atoms. The van der Waals surface area contributed by atoms with Gasteiger partial charge in [-0.1, -0.05) is 11.6 Å². The molecule has 26 heavy (non-hydrogen) atoms. The van der Waals surface area contributed by atoms with Gasteiger partial charge in [-0.15, -0.1) is 0 Å². The second kappa shape index (κ2) is 5.65. The fraction of sp³-hybridized carbons (Fsp3) is 0.316. The lowest BCUT2D eigenvalue weighted by atomic mass is 9.79. The summed E-state index contributed by atoms with van der Waals surface area (Å²) in [6.45, 7) is 0. The van der Waals surface area contributed by atoms with E-state index in [0.717, 1.165) is 39.9 Å². The summed E-state index contributed by atoms with van der Waals surface area (Å²) in [7, 11) is 1.27. The second-order valence-electron chi connectivity index (χ2n) is 6.60. The van der Waals surface area contributed by atoms with Crippen molar-refractivity contribution in [2.75, 3.05) is 7.11 Å². The van der Waals surface area contributed by atoms with Gasteiger partial charge in [0.25, 0.3) is 0 Å². The molecule has 4 rings (SSSR count). The van der Waals surface area contributed by atoms with Gasteiger partial charge >= 0.3 is 12.1 Å². The number of aryl methyl sites for hydroxylation is 1. The number of benzene rings is 1. The number of aliphatic hydroxyl groups excluding tert-OH is 1. The van der Waals surface area contributed by atoms with Crippen molar-refractivity contribution >= 4 is 22.4 Å². The van der Waals surface area contributed by atoms with E-state index in [2.05, 4.69) is 4.98 Å². The predicted octanol–water partition coefficient (Wildman–Crippen LogP) is 4.52. The molecular weight excluding hydrogens is 347 g/mol. The maximum Gasteiger partial charge on any atom is 0.416 e. The summed E-state index contributed by atoms with van der Waals surface area (Å²) in [4.78, 5) is 14.9. The lowest BCUT2D eigenvalue weighted by Crippen LogP contribution is -2.23. The number of nitrogens with one attached hydrogen (secondary N) is 1. The average Bonchev–Trinajstić information content (AvgIpc) is 2.98. The van der Waals surface area contributed by atoms with Crippen LogP contribution in [-0.2, 0) is 22.1 Å². The number of hydrogen-bond acceptors (Lipinski definition) is 3. The van der Waals surface area contributed by atoms with Crippen LogP contribution in [0.25, 0.3) is 16.5 Å². The van der Waals surface area contributed by atoms with E-state index in [1.807, 2.05) is 0 Å². The number of fused-ring (bicyclic) bond motifs is 4. The number of aromatic nitrogens is 1. The maximum atomic E-state index is 13.0. The van der Waals surface area contributed by atoms with Crippen LogP contribution >= 0.6 is 0 Å². The average molecular weight is 363 g/mol. The van der Waals surface area contributed by atoms with E-state index >= 15 is 0 Å². The Labute approximate surface area is 147 Å². The van der Waals surface area contributed by atoms with E-state index in [-0.39, 0.29) is 5.76 Å². The molecule has 1 aromatic carbocycles. The van der Waals surface area contributed by atoms with Gasteiger partial charge in [-0.2, -0.15) is 13.2 Å². The molecule has 0 spiro atoms. The Hall–Kier alpha value is -2.70. The number of methoxy groups -OCH3 is 1. The summed E-state index contributed by atoms with van der Waals surface area (Å²) >= 11 is 0. The number of alkyl halides is 3. The minimum Gasteiger partial charge on any atom is -0.511 e. The number of aliphatic hydroxyl groups is 1. The van der Waals surface area contributed by atoms with Crippen LogP contribution in [0.2, 0.25) is 0 Å². The zero-order valence-electron chi connectivity index (χ0n) is 13.9. The van der Waals surface area contributed by atoms with Gasteiger partial charge in [-0.25, -0.2) is 0 Å². The Bertz CT molecular complexity index is 982. The standard InChI is InChI=1S/C19H16F3NO3/c1-26-18(25)14-6-9-2-4-12-11-5-3-10(19(20,21)22)7-15(11)23-17(12)13(9)8-16(14)24/h3,5,7-8,14,23-24H,2,4,6H2,1H3. The number of H-pyrrole nitrogens is 1. The molecule has 4 nitrogen and oxygen atoms in total. The number of halogens is 3. The molecule has 2 aromatic rings. The number of rotatable bonds is 1. The first-order valence-corrected chi connectivity index (χ1v) is 8.22. The highest BCUT2D eigenvalue weighted by atomic mass is 19.4. The van der Waals surface area contributed by atoms with Crippen LogP contribution < -0.4 is 0 Å². The fourth-order valence-corrected chi connectivity index (χ4v) is 3.84. The molecule has 7 heteroatoms. The molecule has 0 aliphatic heterocycles. The summed E-state index contributed by atoms with van der Waals surface area (Å²) < 4.78 is 43.6. The highest BCUT2D eigenvalue weighted by molar-refractivity contribution is 5.94. The summed E-state index contributed by atoms with van der Waals surface area (Å²) in [6.07, 6.45) is -1.16. The highest BCUT2D eigenvalue weighted by Gasteiger charge is 2.34. The number of esters is 1. The Morgan fingerprint density at radius 2 is 2.08 bits per heavy atom. The smallest absolute Gasteiger partial charge is 0.416 e. The maximum absolute atomic E-state index is 13.0. The van der Waals surface area contributed by atoms with Crippen LogP contribution in [0.4, 0.5) is 13.2 Å². The third-order valence-electron chi connectivity index (χ3n) is 5.15. The SMILES string of the molecule is COC(=O)C1CC2=C(C=C1O)c1[nH]c3cc(C(F)(F)F)ccc3c1CC2. The summed E-state index contributed by atoms with van der Waals surface area (Å²) in [5, 5.41) is 11.0. The van der Waals surface area contributed by atoms with Crippen molar-refractivity contribution < 1.29 is 27.8 Å². The molecule has 2 aliphatic carbocycles. The molecule has 0 fully saturated rings. The summed E-state index contributed by atoms with van der Waals surface area (Å²) in [5.74, 6) is -1.30. The zero-order chi connectivity index (χ0) is 18.6. The summed E-state index contributed by atoms with van der Waals surface area (Å²) in [5.41, 5.74) is 3.12. The van der Waals surface area contributed by atoms with Crippen LogP contribution in [0.15, 0.2) is 35.6 Å². The predicted molar refractivity (Wildman–Crippen MR) is 89.4 cm³/mol. The van der Waals surface area contributed by atoms with E-state index < -0.39 is 23.6 Å². The molecule has 1 atom stereocenters. The van der Waals surface area contributed by atoms with Gasteiger partial charge in [0, 0.05) is 22.2 Å². The highest BCUT2D eigenvalue weighted by Crippen LogP contribution is 2.43. The Morgan fingerprint density at radius 1 is 1.31 bits per heavy atom. The van der Waals surface area contributed by atoms with Gasteiger partial charge in [0.1, 0.15) is 11.7 Å². The van der Waals surface area contributed by atoms with Gasteiger partial charge < -0.3 is 14.8 Å². The van der Waals surface area contributed by atoms with Crippen molar-refractivity contribution in [2.24, 2.45) is 5.92 Å². The van der Waals surface area contributed by atoms with Crippen LogP contribution in [0.3, 0.4) is 0 Å². The lowest BCUT2D eigenvalue weighted by molar-refractivity contribution is -0.145. The molecule has 2 aliphatic rings. The largest absolute Gasteiger partial charge is 0.511 e. The van der Waals surface area contributed by atoms with Crippen molar-refractivity contribution in [2.45, 2.75) is 25.4 Å². The van der Waals surface area contributed by atoms with Gasteiger partial charge in [0.2, 0.25) is 0 Å². The van der Waals surface area contributed by atoms with Gasteiger partial charge in [-0.05, 0) is 43.0 Å². The molecule has 1 unspecified atom stereocenters. The number of aromatic amines is 1. The number of ether oxygens (including phenoxy) is 1. The van der Waals surface area contributed by atoms with Crippen LogP contribution in [0, 0.1) is 5.92 Å². The number of hydrogen-bond donors (Lipinski definition) is 2. The molecule has 1 aromatic heterocycles. The minimum absolute atomic E-state index is 0.0851. The van der Waals surface area contributed by atoms with E-state index in [9.17, 15) is 23.1 Å². The van der Waals surface area contributed by atoms with Crippen molar-refractivity contribution in [3.63, 3.8) is 0 Å². The molecule has 0 amide bonds. The Balaban J connectivity index is 1.81. The quantitative estimate of drug-likeness (QED) is 0.732. The van der Waals surface area contributed by atoms with Gasteiger partial charge in [0.05, 0.1) is 12.7 Å². The molecule has 1 heterocycles. The van der Waals surface area contributed by atoms with Crippen LogP contribution in [0.5, 0.6) is 0 Å². The number of carbonyl (C=O) groups is 1. The van der Waals surface area contributed by atoms with E-state index in [1.165, 1.54) is 19.3 Å². The van der Waals surface area contributed by atoms with Crippen molar-refractivity contribution in [3.8, 4) is 0 Å². The fourth-order valence-electron chi connectivity index (χ4n) is 3.84. The first kappa shape index (κ1) is 16.8. The molecule has 0 radical (unpaired) electrons. The van der Waals surface area contributed by atoms with E-state index in [0.29, 0.717) is 24.8 Å². The monoisotopic (exact) mass is 363 g/mol. The summed E-state index contributed by atoms with van der Waals surface area (Å²) in [6, 6.07) is 3.68. The molecule has 136 valence electrons. The molecule has 0 saturated heterocycles. The molecule has 0 saturated carbocycles. The lowest BCUT2D eigenvalue weighted by Gasteiger charge is -2.26. The van der Waals surface area contributed by atoms with Gasteiger partial charge in [-0.3, -0.25) is 4.79 Å². The van der Waals surface area contributed by atoms with Crippen molar-refractivity contribution in [1.29, 1.82) is 0 Å². The van der Waals surface area contributed by atoms with Crippen molar-refractivity contribution in [3.05, 3.63) is 52.4 Å². The second-order valence-corrected chi connectivity index (χ2v) is 6.60. The topological polar surface area (TPSA) is 62.3 Å². The number of carbonyl (C=O) groups excluding carboxylic acids is 1. The van der Waals surface area contributed by atoms with Crippen LogP contribution in [-0.4, -0.2) is 23.2 Å².